The van der Waals surface area contributed by atoms with Crippen LogP contribution in [0.1, 0.15) is 12.0 Å². The maximum atomic E-state index is 11.7. The van der Waals surface area contributed by atoms with Crippen molar-refractivity contribution in [3.8, 4) is 22.7 Å². The quantitative estimate of drug-likeness (QED) is 0.578. The lowest BCUT2D eigenvalue weighted by atomic mass is 10.1. The lowest BCUT2D eigenvalue weighted by Gasteiger charge is -2.05. The lowest BCUT2D eigenvalue weighted by Crippen LogP contribution is -2.07. The second kappa shape index (κ2) is 8.00. The van der Waals surface area contributed by atoms with Crippen LogP contribution in [-0.2, 0) is 9.84 Å². The summed E-state index contributed by atoms with van der Waals surface area (Å²) in [6.07, 6.45) is 4.15. The summed E-state index contributed by atoms with van der Waals surface area (Å²) in [5, 5.41) is 5.22. The summed E-state index contributed by atoms with van der Waals surface area (Å²) < 4.78 is 30.4. The molecule has 1 unspecified atom stereocenters. The van der Waals surface area contributed by atoms with Crippen molar-refractivity contribution < 1.29 is 13.2 Å². The molecule has 1 aliphatic heterocycles. The number of aromatic nitrogens is 2. The first-order valence-electron chi connectivity index (χ1n) is 9.18. The summed E-state index contributed by atoms with van der Waals surface area (Å²) in [4.78, 5) is 4.52. The van der Waals surface area contributed by atoms with Gasteiger partial charge in [0.05, 0.1) is 35.4 Å². The van der Waals surface area contributed by atoms with Crippen LogP contribution in [0.4, 0.5) is 0 Å². The van der Waals surface area contributed by atoms with Crippen LogP contribution in [0.15, 0.2) is 59.7 Å². The van der Waals surface area contributed by atoms with Crippen molar-refractivity contribution >= 4 is 27.7 Å². The van der Waals surface area contributed by atoms with E-state index in [-0.39, 0.29) is 17.5 Å². The van der Waals surface area contributed by atoms with E-state index < -0.39 is 9.84 Å². The highest BCUT2D eigenvalue weighted by Gasteiger charge is 2.27. The van der Waals surface area contributed by atoms with E-state index in [0.717, 1.165) is 16.8 Å². The zero-order chi connectivity index (χ0) is 20.4. The third-order valence-corrected chi connectivity index (χ3v) is 6.87. The third-order valence-electron chi connectivity index (χ3n) is 4.82. The molecule has 0 saturated carbocycles. The van der Waals surface area contributed by atoms with Gasteiger partial charge in [-0.1, -0.05) is 29.8 Å². The van der Waals surface area contributed by atoms with Gasteiger partial charge < -0.3 is 4.74 Å². The van der Waals surface area contributed by atoms with Crippen molar-refractivity contribution in [1.82, 2.24) is 9.78 Å². The molecule has 0 amide bonds. The molecule has 4 rings (SSSR count). The topological polar surface area (TPSA) is 73.5 Å². The molecule has 1 atom stereocenters. The van der Waals surface area contributed by atoms with Gasteiger partial charge in [0, 0.05) is 23.5 Å². The Hall–Kier alpha value is -2.64. The average molecular weight is 430 g/mol. The van der Waals surface area contributed by atoms with Gasteiger partial charge in [0.2, 0.25) is 0 Å². The number of sulfone groups is 1. The molecule has 150 valence electrons. The van der Waals surface area contributed by atoms with Crippen LogP contribution in [-0.4, -0.2) is 49.1 Å². The highest BCUT2D eigenvalue weighted by atomic mass is 35.5. The highest BCUT2D eigenvalue weighted by molar-refractivity contribution is 7.91. The first kappa shape index (κ1) is 19.7. The molecule has 0 spiro atoms. The number of aliphatic imine (C=N–C) groups is 1. The van der Waals surface area contributed by atoms with E-state index in [0.29, 0.717) is 22.9 Å². The zero-order valence-electron chi connectivity index (χ0n) is 15.8. The fourth-order valence-electron chi connectivity index (χ4n) is 3.31. The van der Waals surface area contributed by atoms with Gasteiger partial charge in [0.25, 0.3) is 0 Å². The van der Waals surface area contributed by atoms with E-state index in [9.17, 15) is 8.42 Å². The van der Waals surface area contributed by atoms with Gasteiger partial charge in [-0.3, -0.25) is 4.99 Å². The second-order valence-electron chi connectivity index (χ2n) is 6.90. The van der Waals surface area contributed by atoms with E-state index in [1.807, 2.05) is 42.6 Å². The first-order chi connectivity index (χ1) is 13.9. The lowest BCUT2D eigenvalue weighted by molar-refractivity contribution is 0.415. The van der Waals surface area contributed by atoms with Gasteiger partial charge in [0.15, 0.2) is 9.84 Å². The molecular weight excluding hydrogens is 410 g/mol. The summed E-state index contributed by atoms with van der Waals surface area (Å²) >= 11 is 6.31. The minimum atomic E-state index is -2.98. The van der Waals surface area contributed by atoms with E-state index in [1.54, 1.807) is 30.1 Å². The van der Waals surface area contributed by atoms with Crippen molar-refractivity contribution in [3.05, 3.63) is 65.3 Å². The molecule has 0 aliphatic carbocycles. The predicted molar refractivity (Wildman–Crippen MR) is 115 cm³/mol. The fourth-order valence-corrected chi connectivity index (χ4v) is 5.21. The molecule has 2 heterocycles. The molecule has 1 aliphatic rings. The normalized spacial score (nSPS) is 18.3. The molecule has 2 aromatic carbocycles. The number of rotatable bonds is 5. The number of halogens is 1. The number of ether oxygens (including phenoxy) is 1. The van der Waals surface area contributed by atoms with Crippen LogP contribution < -0.4 is 4.74 Å². The Morgan fingerprint density at radius 1 is 1.24 bits per heavy atom. The Morgan fingerprint density at radius 3 is 2.69 bits per heavy atom. The summed E-state index contributed by atoms with van der Waals surface area (Å²) in [6, 6.07) is 15.0. The van der Waals surface area contributed by atoms with Crippen molar-refractivity contribution in [2.75, 3.05) is 18.6 Å². The number of nitrogens with zero attached hydrogens (tertiary/aromatic N) is 3. The highest BCUT2D eigenvalue weighted by Crippen LogP contribution is 2.31. The van der Waals surface area contributed by atoms with Crippen molar-refractivity contribution in [2.24, 2.45) is 4.99 Å². The molecule has 3 aromatic rings. The predicted octanol–water partition coefficient (Wildman–Crippen LogP) is 3.81. The maximum absolute atomic E-state index is 11.7. The van der Waals surface area contributed by atoms with E-state index in [4.69, 9.17) is 21.4 Å². The van der Waals surface area contributed by atoms with Crippen LogP contribution in [0.3, 0.4) is 0 Å². The van der Waals surface area contributed by atoms with Crippen LogP contribution in [0.2, 0.25) is 5.02 Å². The van der Waals surface area contributed by atoms with Crippen LogP contribution in [0.5, 0.6) is 5.75 Å². The first-order valence-corrected chi connectivity index (χ1v) is 11.4. The smallest absolute Gasteiger partial charge is 0.152 e. The third kappa shape index (κ3) is 4.36. The molecule has 8 heteroatoms. The number of benzene rings is 2. The number of methoxy groups -OCH3 is 1. The molecule has 1 aromatic heterocycles. The fraction of sp³-hybridized carbons (Fsp3) is 0.238. The summed E-state index contributed by atoms with van der Waals surface area (Å²) in [5.74, 6) is 0.878. The summed E-state index contributed by atoms with van der Waals surface area (Å²) in [6.45, 7) is 0. The van der Waals surface area contributed by atoms with E-state index >= 15 is 0 Å². The largest absolute Gasteiger partial charge is 0.495 e. The molecule has 6 nitrogen and oxygen atoms in total. The molecular formula is C21H20ClN3O3S. The van der Waals surface area contributed by atoms with Gasteiger partial charge >= 0.3 is 0 Å². The molecule has 1 saturated heterocycles. The number of hydrogen-bond acceptors (Lipinski definition) is 5. The summed E-state index contributed by atoms with van der Waals surface area (Å²) in [5.41, 5.74) is 3.24. The minimum Gasteiger partial charge on any atom is -0.495 e. The monoisotopic (exact) mass is 429 g/mol. The Balaban J connectivity index is 1.74. The maximum Gasteiger partial charge on any atom is 0.152 e. The Bertz CT molecular complexity index is 1160. The molecule has 1 fully saturated rings. The van der Waals surface area contributed by atoms with Crippen molar-refractivity contribution in [2.45, 2.75) is 12.5 Å². The van der Waals surface area contributed by atoms with E-state index in [2.05, 4.69) is 4.99 Å². The van der Waals surface area contributed by atoms with Crippen LogP contribution >= 0.6 is 11.6 Å². The van der Waals surface area contributed by atoms with Gasteiger partial charge in [-0.05, 0) is 36.8 Å². The second-order valence-corrected chi connectivity index (χ2v) is 9.53. The van der Waals surface area contributed by atoms with Gasteiger partial charge in [-0.15, -0.1) is 0 Å². The van der Waals surface area contributed by atoms with E-state index in [1.165, 1.54) is 0 Å². The Kier molecular flexibility index (Phi) is 5.43. The standard InChI is InChI=1S/C21H20ClN3O3S/c1-28-20-8-7-15(11-19(20)22)21-16(12-23-17-9-10-29(26,27)14-17)13-25(24-21)18-5-3-2-4-6-18/h2-8,11-13,17H,9-10,14H2,1H3. The number of hydrogen-bond donors (Lipinski definition) is 0. The molecule has 0 N–H and O–H groups in total. The Morgan fingerprint density at radius 2 is 2.03 bits per heavy atom. The van der Waals surface area contributed by atoms with Crippen molar-refractivity contribution in [3.63, 3.8) is 0 Å². The minimum absolute atomic E-state index is 0.0972. The Labute approximate surface area is 174 Å². The van der Waals surface area contributed by atoms with Crippen LogP contribution in [0.25, 0.3) is 16.9 Å². The average Bonchev–Trinajstić information content (AvgIpc) is 3.30. The molecule has 0 bridgehead atoms. The SMILES string of the molecule is COc1ccc(-c2nn(-c3ccccc3)cc2C=NC2CCS(=O)(=O)C2)cc1Cl. The van der Waals surface area contributed by atoms with Crippen molar-refractivity contribution in [1.29, 1.82) is 0 Å². The van der Waals surface area contributed by atoms with Gasteiger partial charge in [0.1, 0.15) is 11.4 Å². The molecule has 29 heavy (non-hydrogen) atoms. The van der Waals surface area contributed by atoms with Crippen LogP contribution in [0, 0.1) is 0 Å². The number of para-hydroxylation sites is 1. The summed E-state index contributed by atoms with van der Waals surface area (Å²) in [7, 11) is -1.41. The van der Waals surface area contributed by atoms with Gasteiger partial charge in [-0.2, -0.15) is 5.10 Å². The molecule has 0 radical (unpaired) electrons. The zero-order valence-corrected chi connectivity index (χ0v) is 17.4. The van der Waals surface area contributed by atoms with Gasteiger partial charge in [-0.25, -0.2) is 13.1 Å².